The van der Waals surface area contributed by atoms with Crippen LogP contribution in [0.3, 0.4) is 0 Å². The number of rotatable bonds is 7. The molecule has 4 aromatic rings. The minimum absolute atomic E-state index is 0.131. The fourth-order valence-corrected chi connectivity index (χ4v) is 4.62. The van der Waals surface area contributed by atoms with Crippen molar-refractivity contribution in [3.63, 3.8) is 0 Å². The largest absolute Gasteiger partial charge is 0.328 e. The van der Waals surface area contributed by atoms with Gasteiger partial charge in [0.05, 0.1) is 5.54 Å². The van der Waals surface area contributed by atoms with Crippen molar-refractivity contribution in [3.05, 3.63) is 139 Å². The lowest BCUT2D eigenvalue weighted by Crippen LogP contribution is -2.46. The number of aromatic amines is 1. The lowest BCUT2D eigenvalue weighted by molar-refractivity contribution is 0.428. The van der Waals surface area contributed by atoms with Crippen LogP contribution in [0.25, 0.3) is 0 Å². The molecule has 0 aliphatic rings. The fourth-order valence-electron chi connectivity index (χ4n) is 4.33. The van der Waals surface area contributed by atoms with E-state index in [1.165, 1.54) is 21.3 Å². The van der Waals surface area contributed by atoms with Crippen molar-refractivity contribution in [2.75, 3.05) is 6.54 Å². The molecule has 1 aromatic heterocycles. The van der Waals surface area contributed by atoms with E-state index in [1.807, 2.05) is 0 Å². The summed E-state index contributed by atoms with van der Waals surface area (Å²) in [5.74, 6) is 0.570. The number of nitrogens with one attached hydrogen (secondary N) is 2. The van der Waals surface area contributed by atoms with Crippen LogP contribution >= 0.6 is 15.9 Å². The van der Waals surface area contributed by atoms with E-state index in [2.05, 4.69) is 131 Å². The van der Waals surface area contributed by atoms with Crippen LogP contribution in [0.2, 0.25) is 0 Å². The average molecular weight is 563 g/mol. The molecular formula is C31H36BrN3O2. The molecule has 0 radical (unpaired) electrons. The molecule has 0 aliphatic heterocycles. The second-order valence-corrected chi connectivity index (χ2v) is 10.6. The second kappa shape index (κ2) is 12.8. The van der Waals surface area contributed by atoms with Crippen molar-refractivity contribution in [1.29, 1.82) is 0 Å². The van der Waals surface area contributed by atoms with Crippen molar-refractivity contribution in [2.45, 2.75) is 46.2 Å². The molecule has 0 atom stereocenters. The molecule has 0 bridgehead atoms. The lowest BCUT2D eigenvalue weighted by atomic mass is 9.77. The van der Waals surface area contributed by atoms with Crippen molar-refractivity contribution >= 4 is 15.9 Å². The molecule has 1 heterocycles. The summed E-state index contributed by atoms with van der Waals surface area (Å²) in [5.41, 5.74) is 3.38. The lowest BCUT2D eigenvalue weighted by Gasteiger charge is -2.37. The number of halogens is 1. The molecule has 3 aromatic carbocycles. The van der Waals surface area contributed by atoms with E-state index in [-0.39, 0.29) is 22.8 Å². The molecule has 0 fully saturated rings. The smallest absolute Gasteiger partial charge is 0.310 e. The molecule has 0 amide bonds. The van der Waals surface area contributed by atoms with Crippen LogP contribution in [0, 0.1) is 12.8 Å². The zero-order valence-electron chi connectivity index (χ0n) is 22.2. The summed E-state index contributed by atoms with van der Waals surface area (Å²) >= 11 is 3.13. The first-order chi connectivity index (χ1) is 17.7. The van der Waals surface area contributed by atoms with E-state index in [0.717, 1.165) is 6.54 Å². The molecule has 2 N–H and O–H groups in total. The maximum atomic E-state index is 11.5. The molecule has 0 aliphatic carbocycles. The molecule has 6 heteroatoms. The second-order valence-electron chi connectivity index (χ2n) is 9.76. The SMILES string of the molecule is CC(C)CNC(c1ccccc1)(c1ccccc1)c1ccccc1.Cc1[nH]c(=O)n(C(C)C)c(=O)c1Br. The van der Waals surface area contributed by atoms with Crippen LogP contribution in [0.1, 0.15) is 56.1 Å². The van der Waals surface area contributed by atoms with Gasteiger partial charge < -0.3 is 4.98 Å². The highest BCUT2D eigenvalue weighted by atomic mass is 79.9. The molecule has 0 saturated carbocycles. The molecule has 5 nitrogen and oxygen atoms in total. The summed E-state index contributed by atoms with van der Waals surface area (Å²) in [6.07, 6.45) is 0. The van der Waals surface area contributed by atoms with Crippen molar-refractivity contribution in [2.24, 2.45) is 5.92 Å². The van der Waals surface area contributed by atoms with Gasteiger partial charge in [-0.25, -0.2) is 4.79 Å². The normalized spacial score (nSPS) is 11.4. The highest BCUT2D eigenvalue weighted by Gasteiger charge is 2.35. The third-order valence-corrected chi connectivity index (χ3v) is 7.10. The Balaban J connectivity index is 0.000000248. The Morgan fingerprint density at radius 2 is 1.19 bits per heavy atom. The predicted octanol–water partition coefficient (Wildman–Crippen LogP) is 6.41. The third kappa shape index (κ3) is 6.56. The highest BCUT2D eigenvalue weighted by molar-refractivity contribution is 9.10. The highest BCUT2D eigenvalue weighted by Crippen LogP contribution is 2.36. The first-order valence-electron chi connectivity index (χ1n) is 12.6. The zero-order chi connectivity index (χ0) is 27.0. The number of nitrogens with zero attached hydrogens (tertiary/aromatic N) is 1. The summed E-state index contributed by atoms with van der Waals surface area (Å²) in [6.45, 7) is 10.7. The topological polar surface area (TPSA) is 66.9 Å². The average Bonchev–Trinajstić information content (AvgIpc) is 2.90. The zero-order valence-corrected chi connectivity index (χ0v) is 23.7. The van der Waals surface area contributed by atoms with Crippen LogP contribution in [0.5, 0.6) is 0 Å². The van der Waals surface area contributed by atoms with Gasteiger partial charge in [-0.15, -0.1) is 0 Å². The van der Waals surface area contributed by atoms with E-state index in [9.17, 15) is 9.59 Å². The van der Waals surface area contributed by atoms with Crippen LogP contribution in [0.4, 0.5) is 0 Å². The van der Waals surface area contributed by atoms with Gasteiger partial charge in [0.2, 0.25) is 0 Å². The molecule has 0 spiro atoms. The van der Waals surface area contributed by atoms with Gasteiger partial charge in [0, 0.05) is 11.7 Å². The van der Waals surface area contributed by atoms with Gasteiger partial charge in [-0.3, -0.25) is 14.7 Å². The first kappa shape index (κ1) is 28.4. The first-order valence-corrected chi connectivity index (χ1v) is 13.4. The Morgan fingerprint density at radius 1 is 0.784 bits per heavy atom. The maximum Gasteiger partial charge on any atom is 0.328 e. The van der Waals surface area contributed by atoms with Gasteiger partial charge in [-0.1, -0.05) is 105 Å². The Labute approximate surface area is 227 Å². The van der Waals surface area contributed by atoms with Gasteiger partial charge >= 0.3 is 5.69 Å². The number of H-pyrrole nitrogens is 1. The summed E-state index contributed by atoms with van der Waals surface area (Å²) in [6, 6.07) is 32.1. The molecule has 4 rings (SSSR count). The van der Waals surface area contributed by atoms with Crippen molar-refractivity contribution in [3.8, 4) is 0 Å². The monoisotopic (exact) mass is 561 g/mol. The van der Waals surface area contributed by atoms with E-state index >= 15 is 0 Å². The van der Waals surface area contributed by atoms with Crippen LogP contribution < -0.4 is 16.6 Å². The molecular weight excluding hydrogens is 526 g/mol. The van der Waals surface area contributed by atoms with E-state index in [1.54, 1.807) is 20.8 Å². The van der Waals surface area contributed by atoms with Crippen molar-refractivity contribution in [1.82, 2.24) is 14.9 Å². The Bertz CT molecular complexity index is 1280. The number of hydrogen-bond donors (Lipinski definition) is 2. The summed E-state index contributed by atoms with van der Waals surface area (Å²) in [5, 5.41) is 3.88. The summed E-state index contributed by atoms with van der Waals surface area (Å²) in [7, 11) is 0. The molecule has 0 saturated heterocycles. The van der Waals surface area contributed by atoms with Crippen LogP contribution in [-0.2, 0) is 5.54 Å². The molecule has 0 unspecified atom stereocenters. The van der Waals surface area contributed by atoms with Crippen LogP contribution in [0.15, 0.2) is 105 Å². The molecule has 37 heavy (non-hydrogen) atoms. The molecule has 194 valence electrons. The van der Waals surface area contributed by atoms with Gasteiger partial charge in [-0.05, 0) is 65.9 Å². The van der Waals surface area contributed by atoms with E-state index in [0.29, 0.717) is 16.1 Å². The van der Waals surface area contributed by atoms with Gasteiger partial charge in [0.25, 0.3) is 5.56 Å². The Morgan fingerprint density at radius 3 is 1.54 bits per heavy atom. The Hall–Kier alpha value is -3.22. The van der Waals surface area contributed by atoms with E-state index in [4.69, 9.17) is 0 Å². The van der Waals surface area contributed by atoms with Gasteiger partial charge in [0.15, 0.2) is 0 Å². The maximum absolute atomic E-state index is 11.5. The quantitative estimate of drug-likeness (QED) is 0.256. The number of aromatic nitrogens is 2. The Kier molecular flexibility index (Phi) is 9.84. The number of benzene rings is 3. The van der Waals surface area contributed by atoms with Gasteiger partial charge in [0.1, 0.15) is 4.47 Å². The van der Waals surface area contributed by atoms with Crippen LogP contribution in [-0.4, -0.2) is 16.1 Å². The third-order valence-electron chi connectivity index (χ3n) is 6.16. The van der Waals surface area contributed by atoms with Crippen molar-refractivity contribution < 1.29 is 0 Å². The van der Waals surface area contributed by atoms with E-state index < -0.39 is 0 Å². The standard InChI is InChI=1S/C23H25N.C8H11BrN2O2/c1-19(2)18-24-23(20-12-6-3-7-13-20,21-14-8-4-9-15-21)22-16-10-5-11-17-22;1-4(2)11-7(12)6(9)5(3)10-8(11)13/h3-17,19,24H,18H2,1-2H3;4H,1-3H3,(H,10,13). The minimum atomic E-state index is -0.360. The van der Waals surface area contributed by atoms with Gasteiger partial charge in [-0.2, -0.15) is 0 Å². The number of hydrogen-bond acceptors (Lipinski definition) is 3. The predicted molar refractivity (Wildman–Crippen MR) is 156 cm³/mol. The summed E-state index contributed by atoms with van der Waals surface area (Å²) < 4.78 is 1.60. The number of aryl methyl sites for hydroxylation is 1. The fraction of sp³-hybridized carbons (Fsp3) is 0.290. The summed E-state index contributed by atoms with van der Waals surface area (Å²) in [4.78, 5) is 25.5. The minimum Gasteiger partial charge on any atom is -0.310 e.